The monoisotopic (exact) mass is 313 g/mol. The van der Waals surface area contributed by atoms with Gasteiger partial charge in [-0.3, -0.25) is 0 Å². The molecule has 0 aromatic carbocycles. The highest BCUT2D eigenvalue weighted by Crippen LogP contribution is 2.15. The molecule has 2 N–H and O–H groups in total. The van der Waals surface area contributed by atoms with Crippen molar-refractivity contribution in [3.05, 3.63) is 52.2 Å². The summed E-state index contributed by atoms with van der Waals surface area (Å²) in [5, 5.41) is 9.87. The molecule has 0 aliphatic rings. The lowest BCUT2D eigenvalue weighted by molar-refractivity contribution is 0.397. The molecule has 0 bridgehead atoms. The van der Waals surface area contributed by atoms with Crippen LogP contribution in [0.4, 0.5) is 5.69 Å². The summed E-state index contributed by atoms with van der Waals surface area (Å²) >= 11 is 0. The molecular weight excluding hydrogens is 294 g/mol. The average Bonchev–Trinajstić information content (AvgIpc) is 2.93. The summed E-state index contributed by atoms with van der Waals surface area (Å²) in [4.78, 5) is 15.8. The normalized spacial score (nSPS) is 10.9. The molecule has 0 fully saturated rings. The van der Waals surface area contributed by atoms with E-state index in [1.807, 2.05) is 31.3 Å². The Hall–Kier alpha value is -2.83. The lowest BCUT2D eigenvalue weighted by atomic mass is 10.1. The molecule has 7 nitrogen and oxygen atoms in total. The minimum Gasteiger partial charge on any atom is -0.481 e. The van der Waals surface area contributed by atoms with Crippen LogP contribution in [0.2, 0.25) is 0 Å². The van der Waals surface area contributed by atoms with Gasteiger partial charge >= 0.3 is 5.69 Å². The van der Waals surface area contributed by atoms with Crippen LogP contribution in [0.5, 0.6) is 5.88 Å². The first-order chi connectivity index (χ1) is 11.2. The summed E-state index contributed by atoms with van der Waals surface area (Å²) in [5.74, 6) is 0.623. The van der Waals surface area contributed by atoms with Crippen molar-refractivity contribution >= 4 is 11.3 Å². The average molecular weight is 313 g/mol. The minimum atomic E-state index is -0.226. The number of anilines is 1. The Morgan fingerprint density at radius 1 is 1.39 bits per heavy atom. The smallest absolute Gasteiger partial charge is 0.347 e. The summed E-state index contributed by atoms with van der Waals surface area (Å²) < 4.78 is 6.56. The van der Waals surface area contributed by atoms with E-state index in [0.29, 0.717) is 11.5 Å². The fraction of sp³-hybridized carbons (Fsp3) is 0.312. The van der Waals surface area contributed by atoms with Gasteiger partial charge in [0, 0.05) is 25.0 Å². The van der Waals surface area contributed by atoms with Gasteiger partial charge in [-0.1, -0.05) is 6.07 Å². The number of nitrogens with one attached hydrogen (secondary N) is 2. The van der Waals surface area contributed by atoms with E-state index in [1.165, 1.54) is 4.40 Å². The maximum Gasteiger partial charge on any atom is 0.347 e. The third-order valence-corrected chi connectivity index (χ3v) is 3.61. The molecule has 0 atom stereocenters. The molecule has 0 amide bonds. The maximum atomic E-state index is 11.7. The zero-order valence-corrected chi connectivity index (χ0v) is 13.2. The number of hydrogen-bond acceptors (Lipinski definition) is 5. The number of aryl methyl sites for hydroxylation is 2. The molecule has 0 saturated heterocycles. The van der Waals surface area contributed by atoms with E-state index in [4.69, 9.17) is 4.74 Å². The highest BCUT2D eigenvalue weighted by Gasteiger charge is 2.06. The number of H-pyrrole nitrogens is 1. The molecule has 0 aliphatic heterocycles. The first-order valence-corrected chi connectivity index (χ1v) is 7.47. The van der Waals surface area contributed by atoms with E-state index in [-0.39, 0.29) is 5.69 Å². The van der Waals surface area contributed by atoms with Gasteiger partial charge in [-0.15, -0.1) is 0 Å². The predicted molar refractivity (Wildman–Crippen MR) is 88.1 cm³/mol. The second kappa shape index (κ2) is 6.51. The Morgan fingerprint density at radius 3 is 3.00 bits per heavy atom. The van der Waals surface area contributed by atoms with Crippen molar-refractivity contribution in [1.29, 1.82) is 0 Å². The quantitative estimate of drug-likeness (QED) is 0.678. The van der Waals surface area contributed by atoms with Crippen molar-refractivity contribution in [3.8, 4) is 5.88 Å². The van der Waals surface area contributed by atoms with Gasteiger partial charge in [-0.05, 0) is 37.0 Å². The van der Waals surface area contributed by atoms with Gasteiger partial charge in [0.15, 0.2) is 5.65 Å². The Morgan fingerprint density at radius 2 is 2.26 bits per heavy atom. The fourth-order valence-electron chi connectivity index (χ4n) is 2.47. The second-order valence-corrected chi connectivity index (χ2v) is 5.39. The first-order valence-electron chi connectivity index (χ1n) is 7.47. The first kappa shape index (κ1) is 15.1. The number of methoxy groups -OCH3 is 1. The lowest BCUT2D eigenvalue weighted by Crippen LogP contribution is -2.11. The Kier molecular flexibility index (Phi) is 4.27. The Balaban J connectivity index is 1.61. The molecule has 7 heteroatoms. The van der Waals surface area contributed by atoms with Crippen molar-refractivity contribution < 1.29 is 4.74 Å². The van der Waals surface area contributed by atoms with Crippen molar-refractivity contribution in [2.75, 3.05) is 19.0 Å². The summed E-state index contributed by atoms with van der Waals surface area (Å²) in [6.07, 6.45) is 5.47. The summed E-state index contributed by atoms with van der Waals surface area (Å²) in [6.45, 7) is 2.74. The third kappa shape index (κ3) is 3.33. The molecule has 0 aliphatic carbocycles. The largest absolute Gasteiger partial charge is 0.481 e. The molecule has 0 unspecified atom stereocenters. The van der Waals surface area contributed by atoms with Crippen molar-refractivity contribution in [3.63, 3.8) is 0 Å². The lowest BCUT2D eigenvalue weighted by Gasteiger charge is -2.08. The molecule has 3 aromatic heterocycles. The van der Waals surface area contributed by atoms with E-state index >= 15 is 0 Å². The standard InChI is InChI=1S/C16H19N5O2/c1-11-8-13(15-19-20-16(22)21(15)10-11)17-7-3-4-12-5-6-14(23-2)18-9-12/h5-6,8-10,17H,3-4,7H2,1-2H3,(H,20,22). The summed E-state index contributed by atoms with van der Waals surface area (Å²) in [6, 6.07) is 5.87. The Labute approximate surface area is 133 Å². The molecule has 3 aromatic rings. The maximum absolute atomic E-state index is 11.7. The molecule has 3 rings (SSSR count). The van der Waals surface area contributed by atoms with Crippen molar-refractivity contribution in [2.45, 2.75) is 19.8 Å². The van der Waals surface area contributed by atoms with Gasteiger partial charge in [0.05, 0.1) is 12.8 Å². The molecule has 120 valence electrons. The molecule has 0 spiro atoms. The number of nitrogens with zero attached hydrogens (tertiary/aromatic N) is 3. The minimum absolute atomic E-state index is 0.226. The van der Waals surface area contributed by atoms with Crippen LogP contribution >= 0.6 is 0 Å². The van der Waals surface area contributed by atoms with Crippen LogP contribution < -0.4 is 15.7 Å². The van der Waals surface area contributed by atoms with Gasteiger partial charge in [0.2, 0.25) is 5.88 Å². The molecular formula is C16H19N5O2. The van der Waals surface area contributed by atoms with Gasteiger partial charge in [0.1, 0.15) is 0 Å². The van der Waals surface area contributed by atoms with Crippen LogP contribution in [0.15, 0.2) is 35.4 Å². The van der Waals surface area contributed by atoms with Gasteiger partial charge in [-0.25, -0.2) is 19.3 Å². The van der Waals surface area contributed by atoms with Crippen LogP contribution in [0.1, 0.15) is 17.5 Å². The van der Waals surface area contributed by atoms with Crippen molar-refractivity contribution in [2.24, 2.45) is 0 Å². The van der Waals surface area contributed by atoms with E-state index < -0.39 is 0 Å². The fourth-order valence-corrected chi connectivity index (χ4v) is 2.47. The zero-order valence-electron chi connectivity index (χ0n) is 13.2. The number of fused-ring (bicyclic) bond motifs is 1. The van der Waals surface area contributed by atoms with E-state index in [2.05, 4.69) is 20.5 Å². The number of aromatic amines is 1. The van der Waals surface area contributed by atoms with E-state index in [1.54, 1.807) is 13.3 Å². The highest BCUT2D eigenvalue weighted by molar-refractivity contribution is 5.67. The second-order valence-electron chi connectivity index (χ2n) is 5.39. The van der Waals surface area contributed by atoms with Crippen LogP contribution in [-0.4, -0.2) is 33.2 Å². The third-order valence-electron chi connectivity index (χ3n) is 3.61. The number of pyridine rings is 2. The molecule has 23 heavy (non-hydrogen) atoms. The van der Waals surface area contributed by atoms with E-state index in [9.17, 15) is 4.79 Å². The summed E-state index contributed by atoms with van der Waals surface area (Å²) in [7, 11) is 1.61. The number of ether oxygens (including phenoxy) is 1. The highest BCUT2D eigenvalue weighted by atomic mass is 16.5. The van der Waals surface area contributed by atoms with Crippen LogP contribution in [0.25, 0.3) is 5.65 Å². The van der Waals surface area contributed by atoms with Crippen molar-refractivity contribution in [1.82, 2.24) is 19.6 Å². The zero-order chi connectivity index (χ0) is 16.2. The van der Waals surface area contributed by atoms with Crippen LogP contribution in [0, 0.1) is 6.92 Å². The number of hydrogen-bond donors (Lipinski definition) is 2. The SMILES string of the molecule is COc1ccc(CCCNc2cc(C)cn3c(=O)[nH]nc23)cn1. The molecule has 0 saturated carbocycles. The molecule has 0 radical (unpaired) electrons. The number of rotatable bonds is 6. The topological polar surface area (TPSA) is 84.3 Å². The molecule has 3 heterocycles. The van der Waals surface area contributed by atoms with Crippen LogP contribution in [0.3, 0.4) is 0 Å². The van der Waals surface area contributed by atoms with Gasteiger partial charge < -0.3 is 10.1 Å². The van der Waals surface area contributed by atoms with E-state index in [0.717, 1.165) is 36.2 Å². The van der Waals surface area contributed by atoms with Gasteiger partial charge in [-0.2, -0.15) is 5.10 Å². The number of aromatic nitrogens is 4. The predicted octanol–water partition coefficient (Wildman–Crippen LogP) is 1.78. The van der Waals surface area contributed by atoms with Crippen LogP contribution in [-0.2, 0) is 6.42 Å². The van der Waals surface area contributed by atoms with Gasteiger partial charge in [0.25, 0.3) is 0 Å². The Bertz CT molecular complexity index is 851. The summed E-state index contributed by atoms with van der Waals surface area (Å²) in [5.41, 5.74) is 3.42.